The third kappa shape index (κ3) is 5.83. The lowest BCUT2D eigenvalue weighted by Crippen LogP contribution is -2.27. The minimum atomic E-state index is 0.689. The van der Waals surface area contributed by atoms with Gasteiger partial charge in [-0.3, -0.25) is 0 Å². The van der Waals surface area contributed by atoms with Gasteiger partial charge in [0.05, 0.1) is 11.0 Å². The van der Waals surface area contributed by atoms with E-state index in [0.717, 1.165) is 72.6 Å². The van der Waals surface area contributed by atoms with Crippen molar-refractivity contribution in [3.05, 3.63) is 42.5 Å². The van der Waals surface area contributed by atoms with Gasteiger partial charge in [-0.15, -0.1) is 0 Å². The first-order valence-corrected chi connectivity index (χ1v) is 11.2. The van der Waals surface area contributed by atoms with Crippen LogP contribution in [-0.4, -0.2) is 67.3 Å². The number of hydrogen-bond acceptors (Lipinski definition) is 5. The van der Waals surface area contributed by atoms with E-state index in [2.05, 4.69) is 55.7 Å². The Hall–Kier alpha value is -2.37. The van der Waals surface area contributed by atoms with E-state index in [-0.39, 0.29) is 0 Å². The normalized spacial score (nSPS) is 11.7. The number of nitrogens with zero attached hydrogens (tertiary/aromatic N) is 3. The molecule has 0 aliphatic carbocycles. The van der Waals surface area contributed by atoms with Crippen LogP contribution in [0.1, 0.15) is 27.7 Å². The minimum Gasteiger partial charge on any atom is -0.492 e. The highest BCUT2D eigenvalue weighted by Crippen LogP contribution is 2.26. The van der Waals surface area contributed by atoms with E-state index in [1.54, 1.807) is 0 Å². The number of rotatable bonds is 12. The standard InChI is InChI=1S/C25H35N3O2/c1-5-27(6-2)13-15-29-22-11-12-24-21(18-22)17-20-9-10-23(19-25(20)26-24)30-16-14-28(7-3)8-4/h9-12,17-19H,5-8,13-16H2,1-4H3. The van der Waals surface area contributed by atoms with Crippen molar-refractivity contribution < 1.29 is 9.47 Å². The summed E-state index contributed by atoms with van der Waals surface area (Å²) >= 11 is 0. The Bertz CT molecular complexity index is 859. The number of fused-ring (bicyclic) bond motifs is 2. The Balaban J connectivity index is 1.68. The highest BCUT2D eigenvalue weighted by molar-refractivity contribution is 5.93. The minimum absolute atomic E-state index is 0.689. The van der Waals surface area contributed by atoms with Gasteiger partial charge in [-0.05, 0) is 62.6 Å². The number of hydrogen-bond donors (Lipinski definition) is 0. The average molecular weight is 410 g/mol. The Morgan fingerprint density at radius 3 is 1.80 bits per heavy atom. The van der Waals surface area contributed by atoms with Gasteiger partial charge in [0.15, 0.2) is 0 Å². The molecule has 1 aromatic heterocycles. The summed E-state index contributed by atoms with van der Waals surface area (Å²) in [5.74, 6) is 1.77. The molecule has 5 heteroatoms. The van der Waals surface area contributed by atoms with Gasteiger partial charge in [0.1, 0.15) is 24.7 Å². The van der Waals surface area contributed by atoms with Gasteiger partial charge in [-0.25, -0.2) is 4.98 Å². The molecule has 3 aromatic rings. The zero-order valence-electron chi connectivity index (χ0n) is 18.9. The molecule has 0 aliphatic rings. The third-order valence-corrected chi connectivity index (χ3v) is 5.69. The molecule has 0 N–H and O–H groups in total. The van der Waals surface area contributed by atoms with E-state index in [0.29, 0.717) is 13.2 Å². The molecule has 0 bridgehead atoms. The van der Waals surface area contributed by atoms with Crippen molar-refractivity contribution in [1.29, 1.82) is 0 Å². The van der Waals surface area contributed by atoms with E-state index in [1.807, 2.05) is 24.3 Å². The highest BCUT2D eigenvalue weighted by Gasteiger charge is 2.06. The predicted molar refractivity (Wildman–Crippen MR) is 126 cm³/mol. The van der Waals surface area contributed by atoms with Crippen LogP contribution in [0.15, 0.2) is 42.5 Å². The first-order valence-electron chi connectivity index (χ1n) is 11.2. The smallest absolute Gasteiger partial charge is 0.121 e. The van der Waals surface area contributed by atoms with Crippen LogP contribution in [0.4, 0.5) is 0 Å². The number of pyridine rings is 1. The molecule has 0 atom stereocenters. The van der Waals surface area contributed by atoms with Crippen molar-refractivity contribution in [2.75, 3.05) is 52.5 Å². The third-order valence-electron chi connectivity index (χ3n) is 5.69. The summed E-state index contributed by atoms with van der Waals surface area (Å²) in [6.07, 6.45) is 0. The maximum absolute atomic E-state index is 5.97. The summed E-state index contributed by atoms with van der Waals surface area (Å²) in [6.45, 7) is 16.2. The van der Waals surface area contributed by atoms with Gasteiger partial charge in [0, 0.05) is 29.9 Å². The molecule has 0 saturated carbocycles. The van der Waals surface area contributed by atoms with Gasteiger partial charge in [0.2, 0.25) is 0 Å². The van der Waals surface area contributed by atoms with Crippen LogP contribution < -0.4 is 9.47 Å². The number of likely N-dealkylation sites (N-methyl/N-ethyl adjacent to an activating group) is 2. The highest BCUT2D eigenvalue weighted by atomic mass is 16.5. The molecule has 1 heterocycles. The molecule has 2 aromatic carbocycles. The lowest BCUT2D eigenvalue weighted by Gasteiger charge is -2.18. The fraction of sp³-hybridized carbons (Fsp3) is 0.480. The monoisotopic (exact) mass is 409 g/mol. The first-order chi connectivity index (χ1) is 14.7. The number of benzene rings is 2. The van der Waals surface area contributed by atoms with Crippen molar-refractivity contribution in [3.8, 4) is 11.5 Å². The molecule has 0 unspecified atom stereocenters. The second-order valence-corrected chi connectivity index (χ2v) is 7.45. The number of ether oxygens (including phenoxy) is 2. The Labute approximate surface area is 180 Å². The summed E-state index contributed by atoms with van der Waals surface area (Å²) in [5, 5.41) is 2.21. The molecule has 3 rings (SSSR count). The van der Waals surface area contributed by atoms with Crippen LogP contribution in [0, 0.1) is 0 Å². The molecule has 0 amide bonds. The first kappa shape index (κ1) is 22.3. The average Bonchev–Trinajstić information content (AvgIpc) is 2.78. The van der Waals surface area contributed by atoms with Crippen LogP contribution in [0.5, 0.6) is 11.5 Å². The van der Waals surface area contributed by atoms with Crippen LogP contribution in [0.3, 0.4) is 0 Å². The quantitative estimate of drug-likeness (QED) is 0.401. The Morgan fingerprint density at radius 1 is 0.633 bits per heavy atom. The van der Waals surface area contributed by atoms with Crippen molar-refractivity contribution in [2.24, 2.45) is 0 Å². The predicted octanol–water partition coefficient (Wildman–Crippen LogP) is 4.83. The van der Waals surface area contributed by atoms with Gasteiger partial charge in [0.25, 0.3) is 0 Å². The molecule has 0 radical (unpaired) electrons. The molecule has 0 saturated heterocycles. The van der Waals surface area contributed by atoms with E-state index in [4.69, 9.17) is 14.5 Å². The summed E-state index contributed by atoms with van der Waals surface area (Å²) < 4.78 is 11.9. The van der Waals surface area contributed by atoms with Crippen molar-refractivity contribution in [2.45, 2.75) is 27.7 Å². The zero-order chi connectivity index (χ0) is 21.3. The van der Waals surface area contributed by atoms with Gasteiger partial charge in [-0.2, -0.15) is 0 Å². The fourth-order valence-electron chi connectivity index (χ4n) is 3.63. The summed E-state index contributed by atoms with van der Waals surface area (Å²) in [4.78, 5) is 9.55. The van der Waals surface area contributed by atoms with Crippen LogP contribution in [0.2, 0.25) is 0 Å². The Kier molecular flexibility index (Phi) is 8.29. The molecule has 5 nitrogen and oxygen atoms in total. The Morgan fingerprint density at radius 2 is 1.20 bits per heavy atom. The van der Waals surface area contributed by atoms with Crippen molar-refractivity contribution >= 4 is 21.8 Å². The van der Waals surface area contributed by atoms with Gasteiger partial charge in [-0.1, -0.05) is 27.7 Å². The van der Waals surface area contributed by atoms with E-state index >= 15 is 0 Å². The lowest BCUT2D eigenvalue weighted by molar-refractivity contribution is 0.223. The second kappa shape index (κ2) is 11.1. The fourth-order valence-corrected chi connectivity index (χ4v) is 3.63. The van der Waals surface area contributed by atoms with E-state index < -0.39 is 0 Å². The maximum Gasteiger partial charge on any atom is 0.121 e. The summed E-state index contributed by atoms with van der Waals surface area (Å²) in [6, 6.07) is 14.5. The lowest BCUT2D eigenvalue weighted by atomic mass is 10.1. The molecular weight excluding hydrogens is 374 g/mol. The molecule has 162 valence electrons. The molecule has 30 heavy (non-hydrogen) atoms. The maximum atomic E-state index is 5.97. The van der Waals surface area contributed by atoms with Crippen molar-refractivity contribution in [3.63, 3.8) is 0 Å². The molecule has 0 spiro atoms. The van der Waals surface area contributed by atoms with Crippen LogP contribution in [-0.2, 0) is 0 Å². The second-order valence-electron chi connectivity index (χ2n) is 7.45. The van der Waals surface area contributed by atoms with Crippen LogP contribution in [0.25, 0.3) is 21.8 Å². The molecule has 0 aliphatic heterocycles. The largest absolute Gasteiger partial charge is 0.492 e. The zero-order valence-corrected chi connectivity index (χ0v) is 18.9. The summed E-state index contributed by atoms with van der Waals surface area (Å²) in [5.41, 5.74) is 1.93. The molecule has 0 fully saturated rings. The topological polar surface area (TPSA) is 37.8 Å². The van der Waals surface area contributed by atoms with Crippen LogP contribution >= 0.6 is 0 Å². The molecular formula is C25H35N3O2. The SMILES string of the molecule is CCN(CC)CCOc1ccc2nc3cc(OCCN(CC)CC)ccc3cc2c1. The van der Waals surface area contributed by atoms with Gasteiger partial charge >= 0.3 is 0 Å². The van der Waals surface area contributed by atoms with E-state index in [1.165, 1.54) is 0 Å². The number of aromatic nitrogens is 1. The van der Waals surface area contributed by atoms with E-state index in [9.17, 15) is 0 Å². The van der Waals surface area contributed by atoms with Crippen molar-refractivity contribution in [1.82, 2.24) is 14.8 Å². The van der Waals surface area contributed by atoms with Gasteiger partial charge < -0.3 is 19.3 Å². The summed E-state index contributed by atoms with van der Waals surface area (Å²) in [7, 11) is 0.